The van der Waals surface area contributed by atoms with Gasteiger partial charge in [-0.2, -0.15) is 5.10 Å². The van der Waals surface area contributed by atoms with E-state index < -0.39 is 0 Å². The van der Waals surface area contributed by atoms with Gasteiger partial charge in [-0.15, -0.1) is 0 Å². The summed E-state index contributed by atoms with van der Waals surface area (Å²) >= 11 is 0. The highest BCUT2D eigenvalue weighted by Gasteiger charge is 2.04. The summed E-state index contributed by atoms with van der Waals surface area (Å²) < 4.78 is 20.5. The average molecular weight is 368 g/mol. The highest BCUT2D eigenvalue weighted by molar-refractivity contribution is 5.79. The van der Waals surface area contributed by atoms with Gasteiger partial charge < -0.3 is 15.4 Å². The molecule has 0 saturated carbocycles. The Kier molecular flexibility index (Phi) is 5.98. The Morgan fingerprint density at radius 1 is 1.19 bits per heavy atom. The van der Waals surface area contributed by atoms with Crippen LogP contribution in [0.1, 0.15) is 11.3 Å². The summed E-state index contributed by atoms with van der Waals surface area (Å²) in [6.07, 6.45) is 3.46. The third kappa shape index (κ3) is 5.27. The summed E-state index contributed by atoms with van der Waals surface area (Å²) in [6.45, 7) is 1.17. The lowest BCUT2D eigenvalue weighted by Gasteiger charge is -2.12. The van der Waals surface area contributed by atoms with Gasteiger partial charge in [0.15, 0.2) is 5.96 Å². The quantitative estimate of drug-likeness (QED) is 0.517. The summed E-state index contributed by atoms with van der Waals surface area (Å²) in [6, 6.07) is 11.5. The first-order chi connectivity index (χ1) is 13.1. The van der Waals surface area contributed by atoms with Gasteiger partial charge in [-0.1, -0.05) is 12.1 Å². The van der Waals surface area contributed by atoms with Crippen molar-refractivity contribution in [2.45, 2.75) is 13.1 Å². The maximum absolute atomic E-state index is 13.2. The number of guanidine groups is 1. The topological polar surface area (TPSA) is 76.4 Å². The standard InChI is InChI=1S/C19H21FN6O/c1-21-19(24-13-16-8-9-25-26(16)2)23-12-14-6-7-18(22-11-14)27-17-5-3-4-15(20)10-17/h3-11H,12-13H2,1-2H3,(H2,21,23,24). The van der Waals surface area contributed by atoms with Crippen LogP contribution in [0.15, 0.2) is 59.9 Å². The van der Waals surface area contributed by atoms with E-state index in [-0.39, 0.29) is 5.82 Å². The molecule has 0 saturated heterocycles. The molecular weight excluding hydrogens is 347 g/mol. The van der Waals surface area contributed by atoms with Crippen LogP contribution >= 0.6 is 0 Å². The molecule has 3 aromatic rings. The summed E-state index contributed by atoms with van der Waals surface area (Å²) in [5.41, 5.74) is 2.02. The number of aromatic nitrogens is 3. The second-order valence-corrected chi connectivity index (χ2v) is 5.79. The van der Waals surface area contributed by atoms with Crippen molar-refractivity contribution in [1.29, 1.82) is 0 Å². The molecule has 3 rings (SSSR count). The summed E-state index contributed by atoms with van der Waals surface area (Å²) in [4.78, 5) is 8.45. The van der Waals surface area contributed by atoms with Crippen LogP contribution in [0.2, 0.25) is 0 Å². The Balaban J connectivity index is 1.50. The Morgan fingerprint density at radius 2 is 2.04 bits per heavy atom. The van der Waals surface area contributed by atoms with Gasteiger partial charge in [-0.25, -0.2) is 9.37 Å². The van der Waals surface area contributed by atoms with E-state index in [2.05, 4.69) is 25.7 Å². The van der Waals surface area contributed by atoms with E-state index in [4.69, 9.17) is 4.74 Å². The highest BCUT2D eigenvalue weighted by Crippen LogP contribution is 2.19. The van der Waals surface area contributed by atoms with Crippen LogP contribution in [0.3, 0.4) is 0 Å². The van der Waals surface area contributed by atoms with Crippen molar-refractivity contribution in [3.63, 3.8) is 0 Å². The molecule has 0 aliphatic carbocycles. The molecule has 0 aliphatic heterocycles. The number of aliphatic imine (C=N–C) groups is 1. The number of ether oxygens (including phenoxy) is 1. The molecule has 0 atom stereocenters. The second-order valence-electron chi connectivity index (χ2n) is 5.79. The molecule has 0 unspecified atom stereocenters. The van der Waals surface area contributed by atoms with Crippen molar-refractivity contribution in [3.8, 4) is 11.6 Å². The van der Waals surface area contributed by atoms with E-state index in [0.29, 0.717) is 30.7 Å². The SMILES string of the molecule is CN=C(NCc1ccc(Oc2cccc(F)c2)nc1)NCc1ccnn1C. The summed E-state index contributed by atoms with van der Waals surface area (Å²) in [7, 11) is 3.61. The molecule has 27 heavy (non-hydrogen) atoms. The van der Waals surface area contributed by atoms with Gasteiger partial charge in [0.2, 0.25) is 5.88 Å². The molecule has 7 nitrogen and oxygen atoms in total. The van der Waals surface area contributed by atoms with Crippen LogP contribution in [0.25, 0.3) is 0 Å². The van der Waals surface area contributed by atoms with Crippen LogP contribution in [-0.4, -0.2) is 27.8 Å². The molecule has 2 aromatic heterocycles. The molecule has 8 heteroatoms. The number of pyridine rings is 1. The monoisotopic (exact) mass is 368 g/mol. The van der Waals surface area contributed by atoms with Crippen LogP contribution in [-0.2, 0) is 20.1 Å². The maximum atomic E-state index is 13.2. The largest absolute Gasteiger partial charge is 0.439 e. The predicted molar refractivity (Wildman–Crippen MR) is 101 cm³/mol. The Labute approximate surface area is 156 Å². The normalized spacial score (nSPS) is 11.3. The van der Waals surface area contributed by atoms with E-state index in [0.717, 1.165) is 11.3 Å². The molecule has 1 aromatic carbocycles. The molecule has 0 fully saturated rings. The maximum Gasteiger partial charge on any atom is 0.219 e. The van der Waals surface area contributed by atoms with Gasteiger partial charge in [0.05, 0.1) is 12.2 Å². The van der Waals surface area contributed by atoms with Gasteiger partial charge in [0, 0.05) is 45.2 Å². The average Bonchev–Trinajstić information content (AvgIpc) is 3.08. The fourth-order valence-corrected chi connectivity index (χ4v) is 2.38. The number of nitrogens with one attached hydrogen (secondary N) is 2. The first kappa shape index (κ1) is 18.4. The van der Waals surface area contributed by atoms with E-state index in [1.165, 1.54) is 12.1 Å². The zero-order valence-electron chi connectivity index (χ0n) is 15.2. The number of aryl methyl sites for hydroxylation is 1. The summed E-state index contributed by atoms with van der Waals surface area (Å²) in [5, 5.41) is 10.6. The predicted octanol–water partition coefficient (Wildman–Crippen LogP) is 2.61. The van der Waals surface area contributed by atoms with E-state index in [1.807, 2.05) is 23.9 Å². The molecule has 0 aliphatic rings. The Hall–Kier alpha value is -3.42. The molecular formula is C19H21FN6O. The lowest BCUT2D eigenvalue weighted by atomic mass is 10.3. The van der Waals surface area contributed by atoms with Crippen molar-refractivity contribution in [1.82, 2.24) is 25.4 Å². The number of nitrogens with zero attached hydrogens (tertiary/aromatic N) is 4. The lowest BCUT2D eigenvalue weighted by molar-refractivity contribution is 0.457. The molecule has 0 bridgehead atoms. The van der Waals surface area contributed by atoms with E-state index >= 15 is 0 Å². The van der Waals surface area contributed by atoms with E-state index in [1.54, 1.807) is 37.6 Å². The molecule has 2 heterocycles. The minimum Gasteiger partial charge on any atom is -0.439 e. The number of benzene rings is 1. The van der Waals surface area contributed by atoms with Crippen LogP contribution in [0.4, 0.5) is 4.39 Å². The first-order valence-corrected chi connectivity index (χ1v) is 8.44. The third-order valence-corrected chi connectivity index (χ3v) is 3.86. The lowest BCUT2D eigenvalue weighted by Crippen LogP contribution is -2.36. The van der Waals surface area contributed by atoms with Crippen LogP contribution < -0.4 is 15.4 Å². The van der Waals surface area contributed by atoms with Crippen LogP contribution in [0, 0.1) is 5.82 Å². The molecule has 140 valence electrons. The van der Waals surface area contributed by atoms with E-state index in [9.17, 15) is 4.39 Å². The first-order valence-electron chi connectivity index (χ1n) is 8.44. The molecule has 0 spiro atoms. The molecule has 0 radical (unpaired) electrons. The van der Waals surface area contributed by atoms with Gasteiger partial charge in [0.25, 0.3) is 0 Å². The van der Waals surface area contributed by atoms with Crippen molar-refractivity contribution < 1.29 is 9.13 Å². The fraction of sp³-hybridized carbons (Fsp3) is 0.211. The zero-order chi connectivity index (χ0) is 19.1. The van der Waals surface area contributed by atoms with Crippen molar-refractivity contribution in [3.05, 3.63) is 71.9 Å². The fourth-order valence-electron chi connectivity index (χ4n) is 2.38. The van der Waals surface area contributed by atoms with Gasteiger partial charge in [0.1, 0.15) is 11.6 Å². The third-order valence-electron chi connectivity index (χ3n) is 3.86. The number of halogens is 1. The second kappa shape index (κ2) is 8.79. The van der Waals surface area contributed by atoms with Crippen molar-refractivity contribution in [2.75, 3.05) is 7.05 Å². The Bertz CT molecular complexity index is 907. The highest BCUT2D eigenvalue weighted by atomic mass is 19.1. The number of hydrogen-bond donors (Lipinski definition) is 2. The summed E-state index contributed by atoms with van der Waals surface area (Å²) in [5.74, 6) is 1.14. The van der Waals surface area contributed by atoms with Gasteiger partial charge >= 0.3 is 0 Å². The number of rotatable bonds is 6. The van der Waals surface area contributed by atoms with Crippen LogP contribution in [0.5, 0.6) is 11.6 Å². The van der Waals surface area contributed by atoms with Gasteiger partial charge in [-0.05, 0) is 23.8 Å². The van der Waals surface area contributed by atoms with Crippen molar-refractivity contribution >= 4 is 5.96 Å². The molecule has 2 N–H and O–H groups in total. The smallest absolute Gasteiger partial charge is 0.219 e. The minimum absolute atomic E-state index is 0.349. The van der Waals surface area contributed by atoms with Crippen molar-refractivity contribution in [2.24, 2.45) is 12.0 Å². The number of hydrogen-bond acceptors (Lipinski definition) is 4. The Morgan fingerprint density at radius 3 is 2.70 bits per heavy atom. The molecule has 0 amide bonds. The minimum atomic E-state index is -0.349. The van der Waals surface area contributed by atoms with Gasteiger partial charge in [-0.3, -0.25) is 9.67 Å². The zero-order valence-corrected chi connectivity index (χ0v) is 15.2.